The maximum Gasteiger partial charge on any atom is -0.0165 e. The van der Waals surface area contributed by atoms with Gasteiger partial charge >= 0.3 is 0 Å². The molecular formula is C23H40. The van der Waals surface area contributed by atoms with Gasteiger partial charge in [0.25, 0.3) is 0 Å². The average molecular weight is 317 g/mol. The fourth-order valence-electron chi connectivity index (χ4n) is 2.60. The van der Waals surface area contributed by atoms with Crippen molar-refractivity contribution in [2.75, 3.05) is 0 Å². The minimum atomic E-state index is 0.721. The van der Waals surface area contributed by atoms with Crippen LogP contribution in [0.25, 0.3) is 5.57 Å². The Morgan fingerprint density at radius 2 is 1.57 bits per heavy atom. The van der Waals surface area contributed by atoms with E-state index in [0.29, 0.717) is 0 Å². The van der Waals surface area contributed by atoms with E-state index in [0.717, 1.165) is 5.92 Å². The van der Waals surface area contributed by atoms with Crippen LogP contribution in [-0.4, -0.2) is 0 Å². The molecule has 1 aromatic rings. The molecule has 0 aliphatic rings. The summed E-state index contributed by atoms with van der Waals surface area (Å²) in [4.78, 5) is 0. The third-order valence-corrected chi connectivity index (χ3v) is 3.90. The van der Waals surface area contributed by atoms with E-state index in [9.17, 15) is 0 Å². The molecule has 0 aromatic heterocycles. The fraction of sp³-hybridized carbons (Fsp3) is 0.565. The number of hydrogen-bond donors (Lipinski definition) is 0. The van der Waals surface area contributed by atoms with Crippen LogP contribution in [0, 0.1) is 0 Å². The summed E-state index contributed by atoms with van der Waals surface area (Å²) in [7, 11) is 0. The summed E-state index contributed by atoms with van der Waals surface area (Å²) >= 11 is 0. The van der Waals surface area contributed by atoms with Crippen molar-refractivity contribution in [3.8, 4) is 0 Å². The summed E-state index contributed by atoms with van der Waals surface area (Å²) < 4.78 is 0. The molecule has 132 valence electrons. The molecule has 0 saturated carbocycles. The van der Waals surface area contributed by atoms with Gasteiger partial charge in [0.15, 0.2) is 0 Å². The normalized spacial score (nSPS) is 11.5. The van der Waals surface area contributed by atoms with Gasteiger partial charge in [0, 0.05) is 0 Å². The maximum absolute atomic E-state index is 3.86. The van der Waals surface area contributed by atoms with Crippen LogP contribution in [0.5, 0.6) is 0 Å². The molecule has 0 N–H and O–H groups in total. The predicted molar refractivity (Wildman–Crippen MR) is 110 cm³/mol. The topological polar surface area (TPSA) is 0 Å². The molecule has 1 aromatic carbocycles. The van der Waals surface area contributed by atoms with Crippen LogP contribution in [0.3, 0.4) is 0 Å². The molecule has 0 spiro atoms. The highest BCUT2D eigenvalue weighted by atomic mass is 14.1. The first-order valence-corrected chi connectivity index (χ1v) is 9.65. The van der Waals surface area contributed by atoms with E-state index < -0.39 is 0 Å². The Hall–Kier alpha value is -1.30. The summed E-state index contributed by atoms with van der Waals surface area (Å²) in [5, 5.41) is 0. The average Bonchev–Trinajstić information content (AvgIpc) is 2.64. The van der Waals surface area contributed by atoms with Gasteiger partial charge in [-0.05, 0) is 42.4 Å². The Kier molecular flexibility index (Phi) is 17.8. The summed E-state index contributed by atoms with van der Waals surface area (Å²) in [6.07, 6.45) is 10.6. The highest BCUT2D eigenvalue weighted by Gasteiger charge is 2.09. The van der Waals surface area contributed by atoms with Crippen molar-refractivity contribution in [1.82, 2.24) is 0 Å². The fourth-order valence-corrected chi connectivity index (χ4v) is 2.60. The van der Waals surface area contributed by atoms with E-state index in [1.807, 2.05) is 33.8 Å². The lowest BCUT2D eigenvalue weighted by molar-refractivity contribution is 0.553. The van der Waals surface area contributed by atoms with Crippen LogP contribution in [0.2, 0.25) is 0 Å². The zero-order chi connectivity index (χ0) is 18.1. The van der Waals surface area contributed by atoms with Gasteiger partial charge < -0.3 is 0 Å². The predicted octanol–water partition coefficient (Wildman–Crippen LogP) is 8.40. The van der Waals surface area contributed by atoms with E-state index in [2.05, 4.69) is 57.7 Å². The first-order valence-electron chi connectivity index (χ1n) is 9.65. The molecule has 0 nitrogen and oxygen atoms in total. The maximum atomic E-state index is 3.86. The van der Waals surface area contributed by atoms with Crippen molar-refractivity contribution >= 4 is 5.57 Å². The second kappa shape index (κ2) is 17.1. The number of benzene rings is 1. The summed E-state index contributed by atoms with van der Waals surface area (Å²) in [6, 6.07) is 9.05. The zero-order valence-corrected chi connectivity index (χ0v) is 16.8. The molecule has 0 aliphatic carbocycles. The smallest absolute Gasteiger partial charge is 0.0165 e. The second-order valence-electron chi connectivity index (χ2n) is 5.17. The quantitative estimate of drug-likeness (QED) is 0.333. The summed E-state index contributed by atoms with van der Waals surface area (Å²) in [6.45, 7) is 18.5. The van der Waals surface area contributed by atoms with Crippen LogP contribution < -0.4 is 0 Å². The molecule has 1 atom stereocenters. The molecule has 1 unspecified atom stereocenters. The largest absolute Gasteiger partial charge is 0.0985 e. The van der Waals surface area contributed by atoms with Gasteiger partial charge in [-0.3, -0.25) is 0 Å². The number of hydrogen-bond acceptors (Lipinski definition) is 0. The van der Waals surface area contributed by atoms with Crippen LogP contribution in [0.1, 0.15) is 97.6 Å². The standard InChI is InChI=1S/C19H28.2C2H6/c1-5-9-10-11-17(8-4)19-14-12-18(13-15-19)16(6-2)7-3;2*1-2/h6-7,12-15,17H,2,5,8-11H2,1,3-4H3;2*1-2H3/b16-7+;;. The van der Waals surface area contributed by atoms with Crippen molar-refractivity contribution in [3.05, 3.63) is 54.1 Å². The molecule has 0 heteroatoms. The lowest BCUT2D eigenvalue weighted by Gasteiger charge is -2.15. The molecule has 0 amide bonds. The molecule has 1 rings (SSSR count). The van der Waals surface area contributed by atoms with Gasteiger partial charge in [0.1, 0.15) is 0 Å². The lowest BCUT2D eigenvalue weighted by Crippen LogP contribution is -1.97. The Bertz CT molecular complexity index is 395. The first kappa shape index (κ1) is 24.0. The molecular weight excluding hydrogens is 276 g/mol. The third-order valence-electron chi connectivity index (χ3n) is 3.90. The molecule has 0 radical (unpaired) electrons. The molecule has 23 heavy (non-hydrogen) atoms. The Balaban J connectivity index is 0. The highest BCUT2D eigenvalue weighted by molar-refractivity contribution is 5.73. The Morgan fingerprint density at radius 3 is 1.96 bits per heavy atom. The van der Waals surface area contributed by atoms with Crippen LogP contribution in [0.15, 0.2) is 43.0 Å². The first-order chi connectivity index (χ1) is 11.3. The number of unbranched alkanes of at least 4 members (excludes halogenated alkanes) is 2. The van der Waals surface area contributed by atoms with E-state index in [4.69, 9.17) is 0 Å². The van der Waals surface area contributed by atoms with Gasteiger partial charge in [-0.2, -0.15) is 0 Å². The van der Waals surface area contributed by atoms with Crippen molar-refractivity contribution in [1.29, 1.82) is 0 Å². The van der Waals surface area contributed by atoms with E-state index in [1.54, 1.807) is 0 Å². The van der Waals surface area contributed by atoms with Crippen molar-refractivity contribution in [3.63, 3.8) is 0 Å². The van der Waals surface area contributed by atoms with Gasteiger partial charge in [-0.1, -0.05) is 104 Å². The van der Waals surface area contributed by atoms with E-state index in [1.165, 1.54) is 48.8 Å². The monoisotopic (exact) mass is 316 g/mol. The summed E-state index contributed by atoms with van der Waals surface area (Å²) in [5.74, 6) is 0.721. The lowest BCUT2D eigenvalue weighted by atomic mass is 9.90. The minimum absolute atomic E-state index is 0.721. The SMILES string of the molecule is C=C/C(=C\C)c1ccc(C(CC)CCCCC)cc1.CC.CC. The molecule has 0 saturated heterocycles. The number of rotatable bonds is 8. The van der Waals surface area contributed by atoms with Gasteiger partial charge in [-0.15, -0.1) is 0 Å². The summed E-state index contributed by atoms with van der Waals surface area (Å²) in [5.41, 5.74) is 3.97. The Morgan fingerprint density at radius 1 is 1.00 bits per heavy atom. The number of allylic oxidation sites excluding steroid dienone is 3. The van der Waals surface area contributed by atoms with E-state index >= 15 is 0 Å². The van der Waals surface area contributed by atoms with Crippen molar-refractivity contribution < 1.29 is 0 Å². The highest BCUT2D eigenvalue weighted by Crippen LogP contribution is 2.27. The second-order valence-corrected chi connectivity index (χ2v) is 5.17. The van der Waals surface area contributed by atoms with Crippen molar-refractivity contribution in [2.45, 2.75) is 86.5 Å². The van der Waals surface area contributed by atoms with Crippen LogP contribution in [-0.2, 0) is 0 Å². The minimum Gasteiger partial charge on any atom is -0.0985 e. The van der Waals surface area contributed by atoms with Crippen molar-refractivity contribution in [2.24, 2.45) is 0 Å². The molecule has 0 heterocycles. The van der Waals surface area contributed by atoms with Crippen LogP contribution in [0.4, 0.5) is 0 Å². The molecule has 0 aliphatic heterocycles. The molecule has 0 bridgehead atoms. The van der Waals surface area contributed by atoms with Crippen LogP contribution >= 0.6 is 0 Å². The van der Waals surface area contributed by atoms with Gasteiger partial charge in [0.05, 0.1) is 0 Å². The van der Waals surface area contributed by atoms with Gasteiger partial charge in [0.2, 0.25) is 0 Å². The van der Waals surface area contributed by atoms with E-state index in [-0.39, 0.29) is 0 Å². The third kappa shape index (κ3) is 9.43. The Labute approximate surface area is 146 Å². The zero-order valence-electron chi connectivity index (χ0n) is 16.8. The molecule has 0 fully saturated rings. The van der Waals surface area contributed by atoms with Gasteiger partial charge in [-0.25, -0.2) is 0 Å².